The quantitative estimate of drug-likeness (QED) is 0.0638. The summed E-state index contributed by atoms with van der Waals surface area (Å²) >= 11 is 0. The van der Waals surface area contributed by atoms with Gasteiger partial charge in [-0.2, -0.15) is 0 Å². The summed E-state index contributed by atoms with van der Waals surface area (Å²) in [5.74, 6) is -1.40. The van der Waals surface area contributed by atoms with Gasteiger partial charge in [-0.05, 0) is 49.3 Å². The molecule has 0 saturated carbocycles. The lowest BCUT2D eigenvalue weighted by atomic mass is 10.0. The molecule has 2 aromatic rings. The van der Waals surface area contributed by atoms with Gasteiger partial charge < -0.3 is 31.9 Å². The lowest BCUT2D eigenvalue weighted by Gasteiger charge is -2.21. The fourth-order valence-electron chi connectivity index (χ4n) is 5.13. The molecule has 6 N–H and O–H groups in total. The molecule has 6 amide bonds. The summed E-state index contributed by atoms with van der Waals surface area (Å²) in [6, 6.07) is 15.2. The highest BCUT2D eigenvalue weighted by molar-refractivity contribution is 8.76. The molecule has 0 spiro atoms. The first-order chi connectivity index (χ1) is 26.1. The summed E-state index contributed by atoms with van der Waals surface area (Å²) in [5, 5.41) is 16.6. The van der Waals surface area contributed by atoms with E-state index in [-0.39, 0.29) is 24.7 Å². The largest absolute Gasteiger partial charge is 0.353 e. The van der Waals surface area contributed by atoms with Crippen LogP contribution in [0.2, 0.25) is 0 Å². The van der Waals surface area contributed by atoms with Crippen LogP contribution in [0.5, 0.6) is 0 Å². The van der Waals surface area contributed by atoms with Gasteiger partial charge in [-0.25, -0.2) is 0 Å². The maximum atomic E-state index is 13.2. The second-order valence-corrected chi connectivity index (χ2v) is 15.0. The molecule has 4 rings (SSSR count). The Kier molecular flexibility index (Phi) is 16.7. The van der Waals surface area contributed by atoms with Crippen LogP contribution in [-0.2, 0) is 41.6 Å². The Morgan fingerprint density at radius 3 is 1.30 bits per heavy atom. The molecule has 282 valence electrons. The van der Waals surface area contributed by atoms with Crippen molar-refractivity contribution in [2.45, 2.75) is 50.9 Å². The smallest absolute Gasteiger partial charge is 0.259 e. The molecule has 54 heavy (non-hydrogen) atoms. The van der Waals surface area contributed by atoms with Crippen molar-refractivity contribution in [1.82, 2.24) is 31.9 Å². The second kappa shape index (κ2) is 21.9. The Hall–Kier alpha value is -5.52. The fraction of sp³-hybridized carbons (Fsp3) is 0.300. The van der Waals surface area contributed by atoms with Crippen LogP contribution in [0, 0.1) is 0 Å². The number of rotatable bonds is 21. The van der Waals surface area contributed by atoms with Crippen LogP contribution < -0.4 is 31.9 Å². The van der Waals surface area contributed by atoms with Gasteiger partial charge in [0, 0.05) is 37.4 Å². The average molecular weight is 769 g/mol. The van der Waals surface area contributed by atoms with Crippen LogP contribution >= 0.6 is 21.6 Å². The molecule has 14 heteroatoms. The minimum Gasteiger partial charge on any atom is -0.353 e. The van der Waals surface area contributed by atoms with E-state index in [1.807, 2.05) is 60.7 Å². The molecule has 12 nitrogen and oxygen atoms in total. The number of allylic oxidation sites excluding steroid dienone is 2. The highest BCUT2D eigenvalue weighted by Crippen LogP contribution is 2.19. The van der Waals surface area contributed by atoms with Gasteiger partial charge in [-0.1, -0.05) is 94.4 Å². The van der Waals surface area contributed by atoms with E-state index in [2.05, 4.69) is 43.4 Å². The highest BCUT2D eigenvalue weighted by Gasteiger charge is 2.27. The summed E-state index contributed by atoms with van der Waals surface area (Å²) in [4.78, 5) is 77.2. The molecular weight excluding hydrogens is 725 g/mol. The summed E-state index contributed by atoms with van der Waals surface area (Å²) in [6.07, 6.45) is 10.3. The van der Waals surface area contributed by atoms with E-state index in [0.29, 0.717) is 35.7 Å². The number of carbonyl (C=O) groups excluding carboxylic acids is 6. The lowest BCUT2D eigenvalue weighted by Crippen LogP contribution is -2.54. The fourth-order valence-corrected chi connectivity index (χ4v) is 6.94. The summed E-state index contributed by atoms with van der Waals surface area (Å²) < 4.78 is 0. The Labute approximate surface area is 322 Å². The predicted molar refractivity (Wildman–Crippen MR) is 212 cm³/mol. The van der Waals surface area contributed by atoms with Gasteiger partial charge >= 0.3 is 0 Å². The summed E-state index contributed by atoms with van der Waals surface area (Å²) in [7, 11) is 3.03. The first-order valence-corrected chi connectivity index (χ1v) is 20.0. The number of benzene rings is 2. The van der Waals surface area contributed by atoms with Crippen LogP contribution in [0.1, 0.15) is 25.0 Å². The van der Waals surface area contributed by atoms with Crippen molar-refractivity contribution in [3.63, 3.8) is 0 Å². The second-order valence-electron chi connectivity index (χ2n) is 12.3. The van der Waals surface area contributed by atoms with Gasteiger partial charge in [0.1, 0.15) is 24.2 Å². The van der Waals surface area contributed by atoms with Crippen molar-refractivity contribution in [2.75, 3.05) is 24.6 Å². The van der Waals surface area contributed by atoms with Crippen LogP contribution in [0.4, 0.5) is 0 Å². The zero-order chi connectivity index (χ0) is 38.7. The Morgan fingerprint density at radius 2 is 0.944 bits per heavy atom. The molecule has 0 unspecified atom stereocenters. The van der Waals surface area contributed by atoms with Gasteiger partial charge in [0.2, 0.25) is 23.6 Å². The van der Waals surface area contributed by atoms with Crippen molar-refractivity contribution in [3.05, 3.63) is 131 Å². The number of nitrogens with one attached hydrogen (secondary N) is 6. The zero-order valence-electron chi connectivity index (χ0n) is 30.1. The number of hydrogen-bond acceptors (Lipinski definition) is 8. The number of hydrogen-bond donors (Lipinski definition) is 6. The van der Waals surface area contributed by atoms with Gasteiger partial charge in [0.05, 0.1) is 11.1 Å². The molecule has 0 radical (unpaired) electrons. The van der Waals surface area contributed by atoms with E-state index in [4.69, 9.17) is 0 Å². The van der Waals surface area contributed by atoms with Gasteiger partial charge in [0.25, 0.3) is 11.8 Å². The summed E-state index contributed by atoms with van der Waals surface area (Å²) in [5.41, 5.74) is 7.98. The zero-order valence-corrected chi connectivity index (χ0v) is 31.7. The van der Waals surface area contributed by atoms with Gasteiger partial charge in [-0.15, -0.1) is 11.5 Å². The topological polar surface area (TPSA) is 175 Å². The van der Waals surface area contributed by atoms with E-state index in [1.54, 1.807) is 50.3 Å². The SMILES string of the molecule is C[C@H](NC(=O)C1=C=CC=C1)C(=O)N[C@@H](Cc1ccccc1)C(=O)NCCSSCCNC(=O)[C@H](Cc1ccccc1)NC(=O)[C@H](C)NC(=O)C1=C=CC=C1. The van der Waals surface area contributed by atoms with E-state index in [1.165, 1.54) is 21.6 Å². The molecule has 2 aliphatic rings. The van der Waals surface area contributed by atoms with E-state index in [0.717, 1.165) is 11.1 Å². The van der Waals surface area contributed by atoms with Crippen LogP contribution in [0.3, 0.4) is 0 Å². The maximum absolute atomic E-state index is 13.2. The van der Waals surface area contributed by atoms with Crippen molar-refractivity contribution >= 4 is 57.0 Å². The minimum atomic E-state index is -0.879. The standard InChI is InChI=1S/C40H44N6O6S2/c1-27(43-37(49)31-17-9-10-18-31)35(47)45-33(25-29-13-5-3-6-14-29)39(51)41-21-23-53-54-24-22-42-40(52)34(26-30-15-7-4-8-16-30)46-36(48)28(2)44-38(50)32-19-11-12-20-32/h3-17,19,27-28,33-34H,21-26H2,1-2H3,(H,41,51)(H,42,52)(H,43,49)(H,44,50)(H,45,47)(H,46,48)/t27-,28-,33-,34-/m0/s1. The van der Waals surface area contributed by atoms with E-state index in [9.17, 15) is 28.8 Å². The third-order valence-electron chi connectivity index (χ3n) is 8.05. The van der Waals surface area contributed by atoms with Crippen LogP contribution in [-0.4, -0.2) is 84.2 Å². The van der Waals surface area contributed by atoms with Gasteiger partial charge in [-0.3, -0.25) is 28.8 Å². The van der Waals surface area contributed by atoms with E-state index < -0.39 is 47.8 Å². The molecule has 0 bridgehead atoms. The third kappa shape index (κ3) is 13.8. The molecule has 0 saturated heterocycles. The molecule has 2 aromatic carbocycles. The van der Waals surface area contributed by atoms with Gasteiger partial charge in [0.15, 0.2) is 0 Å². The molecule has 4 atom stereocenters. The lowest BCUT2D eigenvalue weighted by molar-refractivity contribution is -0.131. The highest BCUT2D eigenvalue weighted by atomic mass is 33.1. The van der Waals surface area contributed by atoms with Crippen molar-refractivity contribution in [2.24, 2.45) is 0 Å². The molecule has 0 heterocycles. The molecular formula is C40H44N6O6S2. The van der Waals surface area contributed by atoms with Crippen molar-refractivity contribution < 1.29 is 28.8 Å². The minimum absolute atomic E-state index is 0.268. The number of amides is 6. The maximum Gasteiger partial charge on any atom is 0.259 e. The number of carbonyl (C=O) groups is 6. The molecule has 2 aliphatic carbocycles. The van der Waals surface area contributed by atoms with Crippen molar-refractivity contribution in [1.29, 1.82) is 0 Å². The Morgan fingerprint density at radius 1 is 0.556 bits per heavy atom. The van der Waals surface area contributed by atoms with E-state index >= 15 is 0 Å². The average Bonchev–Trinajstić information content (AvgIpc) is 3.92. The normalized spacial score (nSPS) is 14.6. The monoisotopic (exact) mass is 768 g/mol. The Bertz CT molecular complexity index is 1730. The summed E-state index contributed by atoms with van der Waals surface area (Å²) in [6.45, 7) is 3.79. The first kappa shape index (κ1) is 41.2. The molecule has 0 fully saturated rings. The van der Waals surface area contributed by atoms with Crippen molar-refractivity contribution in [3.8, 4) is 0 Å². The van der Waals surface area contributed by atoms with Crippen LogP contribution in [0.15, 0.2) is 120 Å². The predicted octanol–water partition coefficient (Wildman–Crippen LogP) is 2.37. The first-order valence-electron chi connectivity index (χ1n) is 17.5. The molecule has 0 aliphatic heterocycles. The third-order valence-corrected chi connectivity index (χ3v) is 10.5. The Balaban J connectivity index is 1.19. The van der Waals surface area contributed by atoms with Crippen LogP contribution in [0.25, 0.3) is 0 Å². The molecule has 0 aromatic heterocycles.